The van der Waals surface area contributed by atoms with Crippen molar-refractivity contribution < 1.29 is 9.53 Å². The van der Waals surface area contributed by atoms with Crippen LogP contribution in [0.1, 0.15) is 23.6 Å². The third kappa shape index (κ3) is 4.80. The van der Waals surface area contributed by atoms with Crippen LogP contribution in [0, 0.1) is 6.92 Å². The molecule has 0 atom stereocenters. The van der Waals surface area contributed by atoms with Gasteiger partial charge in [0.15, 0.2) is 5.11 Å². The minimum atomic E-state index is -0.149. The van der Waals surface area contributed by atoms with E-state index in [-0.39, 0.29) is 12.3 Å². The molecular formula is C19H22N2O2S. The van der Waals surface area contributed by atoms with Gasteiger partial charge in [-0.15, -0.1) is 0 Å². The molecule has 0 aliphatic rings. The lowest BCUT2D eigenvalue weighted by Gasteiger charge is -2.15. The number of benzene rings is 2. The molecule has 4 nitrogen and oxygen atoms in total. The summed E-state index contributed by atoms with van der Waals surface area (Å²) in [5, 5.41) is 6.20. The highest BCUT2D eigenvalue weighted by Crippen LogP contribution is 2.20. The molecule has 0 fully saturated rings. The smallest absolute Gasteiger partial charge is 0.230 e. The quantitative estimate of drug-likeness (QED) is 0.815. The Morgan fingerprint density at radius 1 is 1.17 bits per heavy atom. The normalized spacial score (nSPS) is 10.1. The van der Waals surface area contributed by atoms with Crippen LogP contribution in [-0.2, 0) is 17.6 Å². The zero-order chi connectivity index (χ0) is 17.5. The maximum absolute atomic E-state index is 12.1. The monoisotopic (exact) mass is 342 g/mol. The van der Waals surface area contributed by atoms with Crippen LogP contribution in [0.2, 0.25) is 0 Å². The zero-order valence-corrected chi connectivity index (χ0v) is 15.0. The highest BCUT2D eigenvalue weighted by molar-refractivity contribution is 7.80. The van der Waals surface area contributed by atoms with Gasteiger partial charge in [0.1, 0.15) is 5.75 Å². The second-order valence-electron chi connectivity index (χ2n) is 5.49. The number of aryl methyl sites for hydroxylation is 2. The van der Waals surface area contributed by atoms with Crippen LogP contribution in [-0.4, -0.2) is 18.1 Å². The average molecular weight is 342 g/mol. The van der Waals surface area contributed by atoms with E-state index in [9.17, 15) is 4.79 Å². The van der Waals surface area contributed by atoms with Crippen molar-refractivity contribution in [3.05, 3.63) is 59.2 Å². The first-order valence-corrected chi connectivity index (χ1v) is 8.26. The number of amides is 1. The summed E-state index contributed by atoms with van der Waals surface area (Å²) < 4.78 is 5.11. The molecule has 2 rings (SSSR count). The Kier molecular flexibility index (Phi) is 6.32. The fourth-order valence-electron chi connectivity index (χ4n) is 2.45. The molecule has 2 N–H and O–H groups in total. The lowest BCUT2D eigenvalue weighted by Crippen LogP contribution is -2.35. The molecule has 0 saturated carbocycles. The number of nitrogens with one attached hydrogen (secondary N) is 2. The number of anilines is 1. The van der Waals surface area contributed by atoms with Gasteiger partial charge < -0.3 is 15.4 Å². The standard InChI is InChI=1S/C19H22N2O2S/c1-4-15-7-5-6-13(2)18(15)21-19(24)20-17(22)12-14-8-10-16(23-3)11-9-14/h5-11H,4,12H2,1-3H3,(H2,20,21,22,24). The minimum Gasteiger partial charge on any atom is -0.497 e. The molecule has 24 heavy (non-hydrogen) atoms. The Morgan fingerprint density at radius 3 is 2.50 bits per heavy atom. The molecule has 126 valence electrons. The van der Waals surface area contributed by atoms with Crippen LogP contribution < -0.4 is 15.4 Å². The first-order chi connectivity index (χ1) is 11.5. The Labute approximate surface area is 148 Å². The van der Waals surface area contributed by atoms with Crippen LogP contribution in [0.5, 0.6) is 5.75 Å². The van der Waals surface area contributed by atoms with Crippen molar-refractivity contribution in [3.63, 3.8) is 0 Å². The summed E-state index contributed by atoms with van der Waals surface area (Å²) in [4.78, 5) is 12.1. The van der Waals surface area contributed by atoms with Crippen LogP contribution in [0.4, 0.5) is 5.69 Å². The Morgan fingerprint density at radius 2 is 1.88 bits per heavy atom. The van der Waals surface area contributed by atoms with Crippen LogP contribution in [0.25, 0.3) is 0 Å². The lowest BCUT2D eigenvalue weighted by atomic mass is 10.1. The van der Waals surface area contributed by atoms with E-state index >= 15 is 0 Å². The summed E-state index contributed by atoms with van der Waals surface area (Å²) in [7, 11) is 1.61. The topological polar surface area (TPSA) is 50.4 Å². The number of methoxy groups -OCH3 is 1. The minimum absolute atomic E-state index is 0.149. The van der Waals surface area contributed by atoms with Gasteiger partial charge in [0.25, 0.3) is 0 Å². The van der Waals surface area contributed by atoms with Gasteiger partial charge in [-0.25, -0.2) is 0 Å². The number of ether oxygens (including phenoxy) is 1. The molecular weight excluding hydrogens is 320 g/mol. The van der Waals surface area contributed by atoms with Gasteiger partial charge in [-0.2, -0.15) is 0 Å². The highest BCUT2D eigenvalue weighted by atomic mass is 32.1. The summed E-state index contributed by atoms with van der Waals surface area (Å²) >= 11 is 5.27. The number of carbonyl (C=O) groups excluding carboxylic acids is 1. The van der Waals surface area contributed by atoms with Gasteiger partial charge in [-0.3, -0.25) is 4.79 Å². The second kappa shape index (κ2) is 8.45. The maximum atomic E-state index is 12.1. The SMILES string of the molecule is CCc1cccc(C)c1NC(=S)NC(=O)Cc1ccc(OC)cc1. The van der Waals surface area contributed by atoms with Gasteiger partial charge in [0.05, 0.1) is 13.5 Å². The first kappa shape index (κ1) is 17.9. The highest BCUT2D eigenvalue weighted by Gasteiger charge is 2.09. The summed E-state index contributed by atoms with van der Waals surface area (Å²) in [6, 6.07) is 13.5. The van der Waals surface area contributed by atoms with Gasteiger partial charge in [-0.05, 0) is 54.4 Å². The molecule has 0 radical (unpaired) electrons. The third-order valence-electron chi connectivity index (χ3n) is 3.76. The molecule has 0 unspecified atom stereocenters. The Balaban J connectivity index is 1.95. The Hall–Kier alpha value is -2.40. The molecule has 0 bridgehead atoms. The number of hydrogen-bond acceptors (Lipinski definition) is 3. The van der Waals surface area contributed by atoms with Gasteiger partial charge in [-0.1, -0.05) is 37.3 Å². The van der Waals surface area contributed by atoms with E-state index in [1.54, 1.807) is 7.11 Å². The molecule has 0 aliphatic carbocycles. The number of carbonyl (C=O) groups is 1. The van der Waals surface area contributed by atoms with Crippen molar-refractivity contribution in [2.24, 2.45) is 0 Å². The number of rotatable bonds is 5. The van der Waals surface area contributed by atoms with E-state index in [4.69, 9.17) is 17.0 Å². The molecule has 0 saturated heterocycles. The number of para-hydroxylation sites is 1. The zero-order valence-electron chi connectivity index (χ0n) is 14.2. The molecule has 2 aromatic carbocycles. The van der Waals surface area contributed by atoms with Crippen molar-refractivity contribution in [2.75, 3.05) is 12.4 Å². The van der Waals surface area contributed by atoms with E-state index in [0.29, 0.717) is 5.11 Å². The van der Waals surface area contributed by atoms with E-state index < -0.39 is 0 Å². The van der Waals surface area contributed by atoms with Crippen LogP contribution >= 0.6 is 12.2 Å². The van der Waals surface area contributed by atoms with Crippen molar-refractivity contribution in [3.8, 4) is 5.75 Å². The van der Waals surface area contributed by atoms with Crippen molar-refractivity contribution in [1.29, 1.82) is 0 Å². The number of hydrogen-bond donors (Lipinski definition) is 2. The summed E-state index contributed by atoms with van der Waals surface area (Å²) in [5.74, 6) is 0.618. The third-order valence-corrected chi connectivity index (χ3v) is 3.96. The molecule has 1 amide bonds. The van der Waals surface area contributed by atoms with Crippen molar-refractivity contribution in [2.45, 2.75) is 26.7 Å². The predicted molar refractivity (Wildman–Crippen MR) is 102 cm³/mol. The van der Waals surface area contributed by atoms with E-state index in [0.717, 1.165) is 29.0 Å². The summed E-state index contributed by atoms with van der Waals surface area (Å²) in [6.07, 6.45) is 1.16. The largest absolute Gasteiger partial charge is 0.497 e. The van der Waals surface area contributed by atoms with Crippen molar-refractivity contribution in [1.82, 2.24) is 5.32 Å². The van der Waals surface area contributed by atoms with E-state index in [1.165, 1.54) is 5.56 Å². The second-order valence-corrected chi connectivity index (χ2v) is 5.90. The van der Waals surface area contributed by atoms with Crippen molar-refractivity contribution >= 4 is 28.9 Å². The summed E-state index contributed by atoms with van der Waals surface area (Å²) in [5.41, 5.74) is 4.14. The molecule has 0 heterocycles. The van der Waals surface area contributed by atoms with Gasteiger partial charge in [0, 0.05) is 5.69 Å². The average Bonchev–Trinajstić information content (AvgIpc) is 2.57. The Bertz CT molecular complexity index is 727. The lowest BCUT2D eigenvalue weighted by molar-refractivity contribution is -0.119. The summed E-state index contributed by atoms with van der Waals surface area (Å²) in [6.45, 7) is 4.11. The van der Waals surface area contributed by atoms with E-state index in [1.807, 2.05) is 43.3 Å². The maximum Gasteiger partial charge on any atom is 0.230 e. The van der Waals surface area contributed by atoms with Crippen LogP contribution in [0.15, 0.2) is 42.5 Å². The molecule has 2 aromatic rings. The first-order valence-electron chi connectivity index (χ1n) is 7.85. The fraction of sp³-hybridized carbons (Fsp3) is 0.263. The van der Waals surface area contributed by atoms with Gasteiger partial charge >= 0.3 is 0 Å². The van der Waals surface area contributed by atoms with Gasteiger partial charge in [0.2, 0.25) is 5.91 Å². The molecule has 5 heteroatoms. The predicted octanol–water partition coefficient (Wildman–Crippen LogP) is 3.62. The number of thiocarbonyl (C=S) groups is 1. The fourth-order valence-corrected chi connectivity index (χ4v) is 2.66. The van der Waals surface area contributed by atoms with E-state index in [2.05, 4.69) is 23.6 Å². The van der Waals surface area contributed by atoms with Crippen LogP contribution in [0.3, 0.4) is 0 Å². The molecule has 0 spiro atoms. The molecule has 0 aromatic heterocycles. The molecule has 0 aliphatic heterocycles.